The smallest absolute Gasteiger partial charge is 0.303 e. The Morgan fingerprint density at radius 2 is 1.09 bits per heavy atom. The molecule has 0 saturated heterocycles. The molecule has 0 saturated carbocycles. The molecule has 0 heterocycles. The number of carbonyl (C=O) groups is 1. The Labute approximate surface area is 143 Å². The molecule has 1 atom stereocenters. The highest BCUT2D eigenvalue weighted by atomic mass is 16.4. The minimum atomic E-state index is -0.736. The minimum absolute atomic E-state index is 0.228. The molecule has 0 aliphatic rings. The van der Waals surface area contributed by atoms with Crippen LogP contribution >= 0.6 is 0 Å². The van der Waals surface area contributed by atoms with Gasteiger partial charge in [0.05, 0.1) is 6.10 Å². The fraction of sp³-hybridized carbons (Fsp3) is 0.950. The zero-order valence-electron chi connectivity index (χ0n) is 15.4. The monoisotopic (exact) mass is 328 g/mol. The summed E-state index contributed by atoms with van der Waals surface area (Å²) in [7, 11) is 0. The fourth-order valence-corrected chi connectivity index (χ4v) is 3.02. The van der Waals surface area contributed by atoms with E-state index in [2.05, 4.69) is 6.92 Å². The first kappa shape index (κ1) is 22.4. The second-order valence-corrected chi connectivity index (χ2v) is 6.97. The van der Waals surface area contributed by atoms with Crippen molar-refractivity contribution in [3.63, 3.8) is 0 Å². The third-order valence-electron chi connectivity index (χ3n) is 4.57. The Balaban J connectivity index is 3.13. The largest absolute Gasteiger partial charge is 0.481 e. The van der Waals surface area contributed by atoms with E-state index in [1.54, 1.807) is 0 Å². The highest BCUT2D eigenvalue weighted by Crippen LogP contribution is 2.14. The van der Waals surface area contributed by atoms with Crippen LogP contribution < -0.4 is 0 Å². The van der Waals surface area contributed by atoms with Crippen molar-refractivity contribution in [2.24, 2.45) is 0 Å². The maximum atomic E-state index is 10.4. The number of rotatable bonds is 18. The fourth-order valence-electron chi connectivity index (χ4n) is 3.02. The lowest BCUT2D eigenvalue weighted by atomic mass is 10.0. The summed E-state index contributed by atoms with van der Waals surface area (Å²) >= 11 is 0. The first-order chi connectivity index (χ1) is 11.2. The van der Waals surface area contributed by atoms with E-state index >= 15 is 0 Å². The van der Waals surface area contributed by atoms with Crippen LogP contribution in [0.5, 0.6) is 0 Å². The predicted octanol–water partition coefficient (Wildman–Crippen LogP) is 6.08. The first-order valence-electron chi connectivity index (χ1n) is 10.1. The second-order valence-electron chi connectivity index (χ2n) is 6.97. The van der Waals surface area contributed by atoms with Crippen molar-refractivity contribution < 1.29 is 15.0 Å². The van der Waals surface area contributed by atoms with Gasteiger partial charge < -0.3 is 10.2 Å². The van der Waals surface area contributed by atoms with Gasteiger partial charge in [-0.05, 0) is 19.3 Å². The van der Waals surface area contributed by atoms with E-state index in [0.29, 0.717) is 6.42 Å². The molecule has 0 rings (SSSR count). The van der Waals surface area contributed by atoms with Crippen molar-refractivity contribution >= 4 is 5.97 Å². The van der Waals surface area contributed by atoms with Gasteiger partial charge >= 0.3 is 5.97 Å². The molecule has 0 aliphatic heterocycles. The van der Waals surface area contributed by atoms with Crippen molar-refractivity contribution in [2.45, 2.75) is 122 Å². The Hall–Kier alpha value is -0.570. The van der Waals surface area contributed by atoms with Gasteiger partial charge in [-0.2, -0.15) is 0 Å². The van der Waals surface area contributed by atoms with Gasteiger partial charge in [0.1, 0.15) is 0 Å². The van der Waals surface area contributed by atoms with Crippen molar-refractivity contribution in [3.8, 4) is 0 Å². The third kappa shape index (κ3) is 19.4. The van der Waals surface area contributed by atoms with Gasteiger partial charge in [-0.3, -0.25) is 4.79 Å². The van der Waals surface area contributed by atoms with Gasteiger partial charge in [0, 0.05) is 6.42 Å². The lowest BCUT2D eigenvalue weighted by Crippen LogP contribution is -2.06. The van der Waals surface area contributed by atoms with E-state index in [4.69, 9.17) is 5.11 Å². The van der Waals surface area contributed by atoms with Gasteiger partial charge in [0.15, 0.2) is 0 Å². The van der Waals surface area contributed by atoms with Gasteiger partial charge in [-0.15, -0.1) is 0 Å². The second kappa shape index (κ2) is 17.8. The first-order valence-corrected chi connectivity index (χ1v) is 10.1. The normalized spacial score (nSPS) is 12.4. The SMILES string of the molecule is CCCCCCCCCCCCCCC(O)CCCCC(=O)O. The summed E-state index contributed by atoms with van der Waals surface area (Å²) in [6, 6.07) is 0. The van der Waals surface area contributed by atoms with Gasteiger partial charge in [-0.1, -0.05) is 90.4 Å². The van der Waals surface area contributed by atoms with Crippen LogP contribution in [0.15, 0.2) is 0 Å². The molecule has 3 heteroatoms. The summed E-state index contributed by atoms with van der Waals surface area (Å²) in [5.74, 6) is -0.736. The molecule has 0 aromatic carbocycles. The standard InChI is InChI=1S/C20H40O3/c1-2-3-4-5-6-7-8-9-10-11-12-13-16-19(21)17-14-15-18-20(22)23/h19,21H,2-18H2,1H3,(H,22,23). The number of unbranched alkanes of at least 4 members (excludes halogenated alkanes) is 12. The maximum absolute atomic E-state index is 10.4. The molecule has 0 radical (unpaired) electrons. The lowest BCUT2D eigenvalue weighted by molar-refractivity contribution is -0.137. The van der Waals surface area contributed by atoms with Crippen LogP contribution in [0.3, 0.4) is 0 Å². The number of carboxylic acids is 1. The predicted molar refractivity (Wildman–Crippen MR) is 97.8 cm³/mol. The Kier molecular flexibility index (Phi) is 17.3. The molecule has 0 spiro atoms. The quantitative estimate of drug-likeness (QED) is 0.300. The van der Waals surface area contributed by atoms with E-state index in [9.17, 15) is 9.90 Å². The molecule has 0 fully saturated rings. The number of hydrogen-bond acceptors (Lipinski definition) is 2. The summed E-state index contributed by atoms with van der Waals surface area (Å²) in [6.45, 7) is 2.26. The number of aliphatic hydroxyl groups is 1. The average molecular weight is 329 g/mol. The van der Waals surface area contributed by atoms with E-state index in [0.717, 1.165) is 25.7 Å². The van der Waals surface area contributed by atoms with E-state index < -0.39 is 5.97 Å². The summed E-state index contributed by atoms with van der Waals surface area (Å²) in [5.41, 5.74) is 0. The summed E-state index contributed by atoms with van der Waals surface area (Å²) in [4.78, 5) is 10.4. The van der Waals surface area contributed by atoms with E-state index in [1.165, 1.54) is 70.6 Å². The Bertz CT molecular complexity index is 253. The zero-order chi connectivity index (χ0) is 17.2. The molecule has 1 unspecified atom stereocenters. The molecule has 0 aromatic heterocycles. The van der Waals surface area contributed by atoms with E-state index in [-0.39, 0.29) is 12.5 Å². The van der Waals surface area contributed by atoms with Crippen LogP contribution in [0.1, 0.15) is 116 Å². The van der Waals surface area contributed by atoms with Gasteiger partial charge in [-0.25, -0.2) is 0 Å². The lowest BCUT2D eigenvalue weighted by Gasteiger charge is -2.09. The van der Waals surface area contributed by atoms with Crippen LogP contribution in [0.2, 0.25) is 0 Å². The molecule has 23 heavy (non-hydrogen) atoms. The highest BCUT2D eigenvalue weighted by Gasteiger charge is 2.04. The Morgan fingerprint density at radius 3 is 1.52 bits per heavy atom. The Morgan fingerprint density at radius 1 is 0.696 bits per heavy atom. The van der Waals surface area contributed by atoms with Crippen molar-refractivity contribution in [1.82, 2.24) is 0 Å². The van der Waals surface area contributed by atoms with Crippen LogP contribution in [-0.4, -0.2) is 22.3 Å². The number of hydrogen-bond donors (Lipinski definition) is 2. The molecule has 3 nitrogen and oxygen atoms in total. The topological polar surface area (TPSA) is 57.5 Å². The van der Waals surface area contributed by atoms with Crippen molar-refractivity contribution in [2.75, 3.05) is 0 Å². The molecule has 0 aliphatic carbocycles. The van der Waals surface area contributed by atoms with Crippen LogP contribution in [0.4, 0.5) is 0 Å². The zero-order valence-corrected chi connectivity index (χ0v) is 15.4. The molecule has 138 valence electrons. The van der Waals surface area contributed by atoms with Crippen LogP contribution in [-0.2, 0) is 4.79 Å². The number of aliphatic hydroxyl groups excluding tert-OH is 1. The van der Waals surface area contributed by atoms with E-state index in [1.807, 2.05) is 0 Å². The molecule has 0 amide bonds. The molecular formula is C20H40O3. The molecule has 0 bridgehead atoms. The van der Waals surface area contributed by atoms with Gasteiger partial charge in [0.25, 0.3) is 0 Å². The van der Waals surface area contributed by atoms with Crippen molar-refractivity contribution in [3.05, 3.63) is 0 Å². The maximum Gasteiger partial charge on any atom is 0.303 e. The van der Waals surface area contributed by atoms with Crippen LogP contribution in [0.25, 0.3) is 0 Å². The average Bonchev–Trinajstić information content (AvgIpc) is 2.52. The van der Waals surface area contributed by atoms with Gasteiger partial charge in [0.2, 0.25) is 0 Å². The van der Waals surface area contributed by atoms with Crippen molar-refractivity contribution in [1.29, 1.82) is 0 Å². The summed E-state index contributed by atoms with van der Waals surface area (Å²) < 4.78 is 0. The minimum Gasteiger partial charge on any atom is -0.481 e. The van der Waals surface area contributed by atoms with Crippen LogP contribution in [0, 0.1) is 0 Å². The third-order valence-corrected chi connectivity index (χ3v) is 4.57. The molecule has 0 aromatic rings. The summed E-state index contributed by atoms with van der Waals surface area (Å²) in [6.07, 6.45) is 19.2. The summed E-state index contributed by atoms with van der Waals surface area (Å²) in [5, 5.41) is 18.4. The molecular weight excluding hydrogens is 288 g/mol. The molecule has 2 N–H and O–H groups in total. The number of carboxylic acid groups (broad SMARTS) is 1. The number of aliphatic carboxylic acids is 1. The highest BCUT2D eigenvalue weighted by molar-refractivity contribution is 5.66.